The van der Waals surface area contributed by atoms with E-state index in [1.165, 1.54) is 24.4 Å². The van der Waals surface area contributed by atoms with Crippen molar-refractivity contribution in [2.75, 3.05) is 43.4 Å². The number of nitrogens with two attached hydrogens (primary N) is 1. The Kier molecular flexibility index (Phi) is 7.89. The summed E-state index contributed by atoms with van der Waals surface area (Å²) in [5.41, 5.74) is -0.808. The number of sulfonamides is 1. The molecule has 3 saturated heterocycles. The van der Waals surface area contributed by atoms with Crippen molar-refractivity contribution < 1.29 is 31.4 Å². The maximum atomic E-state index is 16.7. The smallest absolute Gasteiger partial charge is 0.319 e. The minimum Gasteiger partial charge on any atom is -0.508 e. The highest BCUT2D eigenvalue weighted by Crippen LogP contribution is 2.42. The Morgan fingerprint density at radius 3 is 2.78 bits per heavy atom. The number of phenols is 1. The van der Waals surface area contributed by atoms with E-state index in [2.05, 4.69) is 19.9 Å². The van der Waals surface area contributed by atoms with Crippen molar-refractivity contribution in [3.8, 4) is 23.0 Å². The number of rotatable bonds is 7. The second-order valence-corrected chi connectivity index (χ2v) is 14.7. The third-order valence-electron chi connectivity index (χ3n) is 9.41. The molecule has 1 unspecified atom stereocenters. The van der Waals surface area contributed by atoms with Crippen LogP contribution in [0.2, 0.25) is 5.02 Å². The molecule has 3 fully saturated rings. The van der Waals surface area contributed by atoms with Gasteiger partial charge in [-0.25, -0.2) is 26.7 Å². The Balaban J connectivity index is 1.35. The first-order chi connectivity index (χ1) is 21.9. The molecule has 7 rings (SSSR count). The minimum absolute atomic E-state index is 0.0631. The fraction of sp³-hybridized carbons (Fsp3) is 0.452. The molecule has 5 heterocycles. The molecular weight excluding hydrogens is 645 g/mol. The zero-order valence-corrected chi connectivity index (χ0v) is 26.3. The number of piperidine rings is 1. The van der Waals surface area contributed by atoms with Gasteiger partial charge in [0.15, 0.2) is 5.82 Å². The van der Waals surface area contributed by atoms with Gasteiger partial charge in [-0.15, -0.1) is 0 Å². The number of halogens is 4. The van der Waals surface area contributed by atoms with Crippen molar-refractivity contribution in [1.82, 2.24) is 19.9 Å². The highest BCUT2D eigenvalue weighted by Gasteiger charge is 2.49. The number of aromatic nitrogens is 3. The maximum Gasteiger partial charge on any atom is 0.319 e. The van der Waals surface area contributed by atoms with Crippen LogP contribution in [0.5, 0.6) is 11.8 Å². The van der Waals surface area contributed by atoms with Crippen LogP contribution < -0.4 is 14.8 Å². The lowest BCUT2D eigenvalue weighted by Gasteiger charge is -2.34. The third kappa shape index (κ3) is 5.69. The van der Waals surface area contributed by atoms with Crippen LogP contribution >= 0.6 is 11.6 Å². The van der Waals surface area contributed by atoms with Gasteiger partial charge in [0.05, 0.1) is 21.7 Å². The third-order valence-corrected chi connectivity index (χ3v) is 10.7. The molecule has 0 aliphatic carbocycles. The van der Waals surface area contributed by atoms with E-state index in [0.717, 1.165) is 25.5 Å². The summed E-state index contributed by atoms with van der Waals surface area (Å²) in [6.45, 7) is 1.99. The number of primary sulfonamides is 1. The molecule has 4 aromatic rings. The molecule has 0 amide bonds. The lowest BCUT2D eigenvalue weighted by atomic mass is 9.95. The van der Waals surface area contributed by atoms with Crippen LogP contribution in [0, 0.1) is 17.6 Å². The second-order valence-electron chi connectivity index (χ2n) is 12.6. The number of ether oxygens (including phenoxy) is 1. The molecule has 0 saturated carbocycles. The van der Waals surface area contributed by atoms with E-state index in [9.17, 15) is 22.3 Å². The van der Waals surface area contributed by atoms with E-state index in [0.29, 0.717) is 50.1 Å². The number of hydrogen-bond donors (Lipinski definition) is 2. The molecule has 0 radical (unpaired) electrons. The average Bonchev–Trinajstić information content (AvgIpc) is 3.52. The lowest BCUT2D eigenvalue weighted by Crippen LogP contribution is -2.43. The monoisotopic (exact) mass is 676 g/mol. The summed E-state index contributed by atoms with van der Waals surface area (Å²) in [4.78, 5) is 17.4. The van der Waals surface area contributed by atoms with Crippen LogP contribution in [0.1, 0.15) is 32.1 Å². The molecule has 2 aromatic carbocycles. The summed E-state index contributed by atoms with van der Waals surface area (Å²) in [6.07, 6.45) is 3.68. The van der Waals surface area contributed by atoms with Gasteiger partial charge in [0.25, 0.3) is 0 Å². The van der Waals surface area contributed by atoms with Gasteiger partial charge in [-0.05, 0) is 61.7 Å². The molecule has 3 atom stereocenters. The fourth-order valence-electron chi connectivity index (χ4n) is 7.45. The van der Waals surface area contributed by atoms with Crippen LogP contribution in [0.15, 0.2) is 30.5 Å². The average molecular weight is 677 g/mol. The first-order valence-electron chi connectivity index (χ1n) is 15.2. The number of aromatic hydroxyl groups is 1. The molecule has 0 spiro atoms. The van der Waals surface area contributed by atoms with E-state index in [4.69, 9.17) is 21.5 Å². The Morgan fingerprint density at radius 2 is 1.98 bits per heavy atom. The highest BCUT2D eigenvalue weighted by molar-refractivity contribution is 7.89. The highest BCUT2D eigenvalue weighted by atomic mass is 35.5. The lowest BCUT2D eigenvalue weighted by molar-refractivity contribution is 0.107. The topological polar surface area (TPSA) is 135 Å². The zero-order valence-electron chi connectivity index (χ0n) is 24.7. The number of hydrogen-bond acceptors (Lipinski definition) is 9. The predicted molar refractivity (Wildman–Crippen MR) is 168 cm³/mol. The van der Waals surface area contributed by atoms with Gasteiger partial charge in [-0.3, -0.25) is 9.88 Å². The number of pyridine rings is 1. The van der Waals surface area contributed by atoms with Gasteiger partial charge in [-0.1, -0.05) is 17.7 Å². The van der Waals surface area contributed by atoms with Crippen LogP contribution in [0.3, 0.4) is 0 Å². The summed E-state index contributed by atoms with van der Waals surface area (Å²) in [5.74, 6) is -1.98. The van der Waals surface area contributed by atoms with E-state index in [1.54, 1.807) is 0 Å². The molecule has 0 bridgehead atoms. The summed E-state index contributed by atoms with van der Waals surface area (Å²) in [6, 6.07) is 5.11. The van der Waals surface area contributed by atoms with Gasteiger partial charge in [0.1, 0.15) is 41.4 Å². The van der Waals surface area contributed by atoms with Gasteiger partial charge >= 0.3 is 6.01 Å². The van der Waals surface area contributed by atoms with E-state index in [1.807, 2.05) is 4.90 Å². The normalized spacial score (nSPS) is 23.8. The standard InChI is InChI=1S/C31H32ClF3N6O4S/c32-25-23(34)5-4-18-9-20(42)10-21(24(18)25)27-26(35)28-22(12-37-27)29(40-7-1-3-17(13-40)15-46(36,43)44)39-30(38-28)45-16-31-6-2-8-41(31)14-19(33)11-31/h4-5,9-10,12,17,19,42H,1-3,6-8,11,13-16H2,(H2,36,43,44)/t17?,19-,31+/m1/s1. The molecule has 2 aromatic heterocycles. The van der Waals surface area contributed by atoms with E-state index >= 15 is 4.39 Å². The Bertz CT molecular complexity index is 1970. The van der Waals surface area contributed by atoms with Crippen molar-refractivity contribution in [2.45, 2.75) is 43.8 Å². The van der Waals surface area contributed by atoms with E-state index < -0.39 is 33.4 Å². The molecule has 15 heteroatoms. The predicted octanol–water partition coefficient (Wildman–Crippen LogP) is 4.94. The number of fused-ring (bicyclic) bond motifs is 3. The quantitative estimate of drug-likeness (QED) is 0.279. The van der Waals surface area contributed by atoms with Gasteiger partial charge < -0.3 is 14.7 Å². The van der Waals surface area contributed by atoms with Crippen LogP contribution in [-0.4, -0.2) is 83.6 Å². The molecular formula is C31H32ClF3N6O4S. The maximum absolute atomic E-state index is 16.7. The van der Waals surface area contributed by atoms with Crippen LogP contribution in [0.25, 0.3) is 32.9 Å². The summed E-state index contributed by atoms with van der Waals surface area (Å²) in [5, 5.41) is 16.3. The Hall–Kier alpha value is -3.46. The number of alkyl halides is 1. The van der Waals surface area contributed by atoms with E-state index in [-0.39, 0.29) is 62.6 Å². The zero-order chi connectivity index (χ0) is 32.4. The summed E-state index contributed by atoms with van der Waals surface area (Å²) in [7, 11) is -3.73. The largest absolute Gasteiger partial charge is 0.508 e. The first kappa shape index (κ1) is 31.2. The molecule has 10 nitrogen and oxygen atoms in total. The number of anilines is 1. The number of benzene rings is 2. The van der Waals surface area contributed by atoms with Gasteiger partial charge in [0, 0.05) is 43.2 Å². The molecule has 3 aliphatic heterocycles. The second kappa shape index (κ2) is 11.7. The van der Waals surface area contributed by atoms with Crippen molar-refractivity contribution in [1.29, 1.82) is 0 Å². The summed E-state index contributed by atoms with van der Waals surface area (Å²) < 4.78 is 75.6. The van der Waals surface area contributed by atoms with Crippen LogP contribution in [0.4, 0.5) is 19.0 Å². The molecule has 244 valence electrons. The van der Waals surface area contributed by atoms with Gasteiger partial charge in [0.2, 0.25) is 10.0 Å². The Labute approximate surface area is 268 Å². The summed E-state index contributed by atoms with van der Waals surface area (Å²) >= 11 is 6.33. The van der Waals surface area contributed by atoms with Crippen molar-refractivity contribution in [3.05, 3.63) is 47.1 Å². The minimum atomic E-state index is -3.73. The first-order valence-corrected chi connectivity index (χ1v) is 17.2. The fourth-order valence-corrected chi connectivity index (χ4v) is 8.66. The number of nitrogens with zero attached hydrogens (tertiary/aromatic N) is 5. The molecule has 3 N–H and O–H groups in total. The Morgan fingerprint density at radius 1 is 1.15 bits per heavy atom. The molecule has 3 aliphatic rings. The van der Waals surface area contributed by atoms with Crippen molar-refractivity contribution >= 4 is 49.1 Å². The molecule has 46 heavy (non-hydrogen) atoms. The van der Waals surface area contributed by atoms with Crippen molar-refractivity contribution in [2.24, 2.45) is 11.1 Å². The van der Waals surface area contributed by atoms with Crippen molar-refractivity contribution in [3.63, 3.8) is 0 Å². The van der Waals surface area contributed by atoms with Crippen LogP contribution in [-0.2, 0) is 10.0 Å². The van der Waals surface area contributed by atoms with Gasteiger partial charge in [-0.2, -0.15) is 9.97 Å². The SMILES string of the molecule is NS(=O)(=O)CC1CCCN(c2nc(OC[C@@]34CCCN3C[C@H](F)C4)nc3c(F)c(-c4cc(O)cc5ccc(F)c(Cl)c45)ncc23)C1. The number of phenolic OH excluding ortho intramolecular Hbond substituents is 1.